The third-order valence-corrected chi connectivity index (χ3v) is 3.23. The van der Waals surface area contributed by atoms with Crippen LogP contribution in [0.25, 0.3) is 0 Å². The van der Waals surface area contributed by atoms with E-state index >= 15 is 0 Å². The van der Waals surface area contributed by atoms with Crippen molar-refractivity contribution in [3.63, 3.8) is 0 Å². The molecule has 1 radical (unpaired) electrons. The van der Waals surface area contributed by atoms with Crippen molar-refractivity contribution in [1.82, 2.24) is 0 Å². The molecule has 1 nitrogen and oxygen atoms in total. The van der Waals surface area contributed by atoms with E-state index in [0.717, 1.165) is 12.8 Å². The quantitative estimate of drug-likeness (QED) is 0.779. The second-order valence-electron chi connectivity index (χ2n) is 4.05. The van der Waals surface area contributed by atoms with E-state index in [9.17, 15) is 9.50 Å². The van der Waals surface area contributed by atoms with Crippen molar-refractivity contribution in [1.29, 1.82) is 0 Å². The first-order chi connectivity index (χ1) is 7.12. The number of aliphatic hydroxyl groups is 1. The number of hydrogen-bond acceptors (Lipinski definition) is 1. The van der Waals surface area contributed by atoms with Crippen LogP contribution in [0.4, 0.5) is 4.39 Å². The molecule has 1 aromatic rings. The van der Waals surface area contributed by atoms with Crippen LogP contribution < -0.4 is 0 Å². The van der Waals surface area contributed by atoms with Crippen molar-refractivity contribution in [3.05, 3.63) is 41.0 Å². The van der Waals surface area contributed by atoms with Crippen LogP contribution in [0.2, 0.25) is 5.02 Å². The van der Waals surface area contributed by atoms with Crippen molar-refractivity contribution in [2.24, 2.45) is 0 Å². The molecule has 0 heterocycles. The molecule has 2 rings (SSSR count). The third kappa shape index (κ3) is 2.16. The Labute approximate surface area is 93.9 Å². The molecule has 1 atom stereocenters. The third-order valence-electron chi connectivity index (χ3n) is 2.94. The molecule has 1 aliphatic rings. The van der Waals surface area contributed by atoms with E-state index in [1.54, 1.807) is 6.07 Å². The topological polar surface area (TPSA) is 20.2 Å². The summed E-state index contributed by atoms with van der Waals surface area (Å²) in [7, 11) is 0. The summed E-state index contributed by atoms with van der Waals surface area (Å²) in [4.78, 5) is 0. The molecule has 0 amide bonds. The van der Waals surface area contributed by atoms with Gasteiger partial charge in [0.1, 0.15) is 5.82 Å². The van der Waals surface area contributed by atoms with Gasteiger partial charge in [-0.25, -0.2) is 4.39 Å². The molecule has 3 heteroatoms. The van der Waals surface area contributed by atoms with Gasteiger partial charge in [0.2, 0.25) is 0 Å². The zero-order chi connectivity index (χ0) is 10.9. The maximum Gasteiger partial charge on any atom is 0.141 e. The molecule has 1 aliphatic carbocycles. The Morgan fingerprint density at radius 1 is 1.40 bits per heavy atom. The summed E-state index contributed by atoms with van der Waals surface area (Å²) < 4.78 is 13.0. The van der Waals surface area contributed by atoms with Gasteiger partial charge in [0.25, 0.3) is 0 Å². The lowest BCUT2D eigenvalue weighted by Gasteiger charge is -2.32. The molecule has 0 aromatic heterocycles. The van der Waals surface area contributed by atoms with Crippen LogP contribution in [0, 0.1) is 12.2 Å². The van der Waals surface area contributed by atoms with Gasteiger partial charge in [-0.2, -0.15) is 0 Å². The monoisotopic (exact) mass is 227 g/mol. The average molecular weight is 228 g/mol. The van der Waals surface area contributed by atoms with Crippen molar-refractivity contribution >= 4 is 11.6 Å². The van der Waals surface area contributed by atoms with E-state index in [1.165, 1.54) is 12.1 Å². The molecule has 0 spiro atoms. The molecule has 1 N–H and O–H groups in total. The fourth-order valence-electron chi connectivity index (χ4n) is 2.03. The first kappa shape index (κ1) is 10.9. The maximum atomic E-state index is 13.0. The molecule has 15 heavy (non-hydrogen) atoms. The summed E-state index contributed by atoms with van der Waals surface area (Å²) in [5.74, 6) is -0.441. The van der Waals surface area contributed by atoms with Gasteiger partial charge in [-0.15, -0.1) is 0 Å². The minimum absolute atomic E-state index is 0.0755. The molecular weight excluding hydrogens is 215 g/mol. The summed E-state index contributed by atoms with van der Waals surface area (Å²) >= 11 is 5.70. The Balaban J connectivity index is 2.31. The van der Waals surface area contributed by atoms with E-state index in [-0.39, 0.29) is 5.02 Å². The van der Waals surface area contributed by atoms with Crippen LogP contribution in [0.15, 0.2) is 18.2 Å². The fourth-order valence-corrected chi connectivity index (χ4v) is 2.21. The van der Waals surface area contributed by atoms with Crippen LogP contribution >= 0.6 is 11.6 Å². The smallest absolute Gasteiger partial charge is 0.141 e. The second-order valence-corrected chi connectivity index (χ2v) is 4.45. The Kier molecular flexibility index (Phi) is 2.98. The van der Waals surface area contributed by atoms with E-state index in [0.29, 0.717) is 18.4 Å². The van der Waals surface area contributed by atoms with Crippen LogP contribution in [0.3, 0.4) is 0 Å². The van der Waals surface area contributed by atoms with Gasteiger partial charge in [-0.1, -0.05) is 17.7 Å². The lowest BCUT2D eigenvalue weighted by molar-refractivity contribution is 0.0138. The van der Waals surface area contributed by atoms with Crippen LogP contribution in [0.5, 0.6) is 0 Å². The van der Waals surface area contributed by atoms with Gasteiger partial charge in [0.05, 0.1) is 10.6 Å². The SMILES string of the molecule is OC1(c2ccc(F)c(Cl)c2)C[CH]CCC1. The van der Waals surface area contributed by atoms with Gasteiger partial charge in [-0.05, 0) is 49.8 Å². The molecule has 1 aromatic carbocycles. The van der Waals surface area contributed by atoms with Gasteiger partial charge in [0.15, 0.2) is 0 Å². The summed E-state index contributed by atoms with van der Waals surface area (Å²) in [6.07, 6.45) is 5.41. The molecule has 0 saturated heterocycles. The lowest BCUT2D eigenvalue weighted by atomic mass is 9.80. The first-order valence-electron chi connectivity index (χ1n) is 5.11. The zero-order valence-electron chi connectivity index (χ0n) is 8.34. The van der Waals surface area contributed by atoms with Crippen molar-refractivity contribution in [2.45, 2.75) is 31.3 Å². The summed E-state index contributed by atoms with van der Waals surface area (Å²) in [5, 5.41) is 10.4. The highest BCUT2D eigenvalue weighted by atomic mass is 35.5. The average Bonchev–Trinajstić information content (AvgIpc) is 2.23. The maximum absolute atomic E-state index is 13.0. The van der Waals surface area contributed by atoms with Crippen LogP contribution in [-0.2, 0) is 5.60 Å². The first-order valence-corrected chi connectivity index (χ1v) is 5.49. The van der Waals surface area contributed by atoms with Crippen molar-refractivity contribution in [2.75, 3.05) is 0 Å². The van der Waals surface area contributed by atoms with E-state index in [2.05, 4.69) is 6.42 Å². The second kappa shape index (κ2) is 4.11. The largest absolute Gasteiger partial charge is 0.385 e. The number of benzene rings is 1. The Morgan fingerprint density at radius 3 is 2.80 bits per heavy atom. The highest BCUT2D eigenvalue weighted by Gasteiger charge is 2.31. The zero-order valence-corrected chi connectivity index (χ0v) is 9.10. The minimum atomic E-state index is -0.852. The Bertz CT molecular complexity index is 359. The molecule has 81 valence electrons. The summed E-state index contributed by atoms with van der Waals surface area (Å²) in [5.41, 5.74) is -0.139. The molecule has 1 unspecified atom stereocenters. The van der Waals surface area contributed by atoms with Gasteiger partial charge < -0.3 is 5.11 Å². The lowest BCUT2D eigenvalue weighted by Crippen LogP contribution is -2.28. The summed E-state index contributed by atoms with van der Waals surface area (Å²) in [6.45, 7) is 0. The standard InChI is InChI=1S/C12H13ClFO/c13-10-8-9(4-5-11(10)14)12(15)6-2-1-3-7-12/h2,4-5,8,15H,1,3,6-7H2. The molecular formula is C12H13ClFO. The highest BCUT2D eigenvalue weighted by Crippen LogP contribution is 2.37. The van der Waals surface area contributed by atoms with Crippen molar-refractivity contribution in [3.8, 4) is 0 Å². The number of hydrogen-bond donors (Lipinski definition) is 1. The molecule has 0 aliphatic heterocycles. The molecule has 0 bridgehead atoms. The van der Waals surface area contributed by atoms with Crippen molar-refractivity contribution < 1.29 is 9.50 Å². The minimum Gasteiger partial charge on any atom is -0.385 e. The van der Waals surface area contributed by atoms with Gasteiger partial charge in [0, 0.05) is 0 Å². The predicted octanol–water partition coefficient (Wildman–Crippen LogP) is 3.44. The fraction of sp³-hybridized carbons (Fsp3) is 0.417. The van der Waals surface area contributed by atoms with E-state index in [1.807, 2.05) is 0 Å². The van der Waals surface area contributed by atoms with Crippen LogP contribution in [0.1, 0.15) is 31.2 Å². The van der Waals surface area contributed by atoms with E-state index < -0.39 is 11.4 Å². The molecule has 1 fully saturated rings. The van der Waals surface area contributed by atoms with Crippen LogP contribution in [-0.4, -0.2) is 5.11 Å². The predicted molar refractivity (Wildman–Crippen MR) is 58.1 cm³/mol. The number of halogens is 2. The Morgan fingerprint density at radius 2 is 2.20 bits per heavy atom. The van der Waals surface area contributed by atoms with E-state index in [4.69, 9.17) is 11.6 Å². The summed E-state index contributed by atoms with van der Waals surface area (Å²) in [6, 6.07) is 4.45. The highest BCUT2D eigenvalue weighted by molar-refractivity contribution is 6.30. The number of rotatable bonds is 1. The van der Waals surface area contributed by atoms with Gasteiger partial charge >= 0.3 is 0 Å². The van der Waals surface area contributed by atoms with Gasteiger partial charge in [-0.3, -0.25) is 0 Å². The normalized spacial score (nSPS) is 20.2. The molecule has 1 saturated carbocycles. The Hall–Kier alpha value is -0.600.